The third-order valence-corrected chi connectivity index (χ3v) is 1.77. The van der Waals surface area contributed by atoms with Gasteiger partial charge in [-0.2, -0.15) is 0 Å². The fourth-order valence-corrected chi connectivity index (χ4v) is 1.11. The van der Waals surface area contributed by atoms with Gasteiger partial charge in [0, 0.05) is 12.6 Å². The number of carbonyl (C=O) groups is 1. The van der Waals surface area contributed by atoms with Gasteiger partial charge in [-0.05, 0) is 12.8 Å². The second-order valence-electron chi connectivity index (χ2n) is 2.78. The second-order valence-corrected chi connectivity index (χ2v) is 2.78. The molecule has 4 heteroatoms. The van der Waals surface area contributed by atoms with Crippen LogP contribution in [0.2, 0.25) is 0 Å². The van der Waals surface area contributed by atoms with Crippen LogP contribution in [0.1, 0.15) is 12.8 Å². The Morgan fingerprint density at radius 1 is 1.64 bits per heavy atom. The van der Waals surface area contributed by atoms with Crippen molar-refractivity contribution in [2.45, 2.75) is 18.9 Å². The Kier molecular flexibility index (Phi) is 2.82. The van der Waals surface area contributed by atoms with Gasteiger partial charge < -0.3 is 5.11 Å². The van der Waals surface area contributed by atoms with Crippen LogP contribution < -0.4 is 0 Å². The Hall–Kier alpha value is -0.640. The number of aliphatic carboxylic acids is 1. The van der Waals surface area contributed by atoms with E-state index in [9.17, 15) is 9.18 Å². The van der Waals surface area contributed by atoms with Crippen molar-refractivity contribution >= 4 is 5.97 Å². The number of nitrogens with zero attached hydrogens (tertiary/aromatic N) is 1. The molecule has 0 amide bonds. The molecular formula is C7H12FNO2. The largest absolute Gasteiger partial charge is 0.480 e. The lowest BCUT2D eigenvalue weighted by Gasteiger charge is -2.16. The zero-order chi connectivity index (χ0) is 8.27. The summed E-state index contributed by atoms with van der Waals surface area (Å²) in [5.74, 6) is -0.870. The first kappa shape index (κ1) is 8.46. The summed E-state index contributed by atoms with van der Waals surface area (Å²) in [6.45, 7) is -0.213. The molecule has 0 bridgehead atoms. The molecule has 0 atom stereocenters. The van der Waals surface area contributed by atoms with E-state index in [1.807, 2.05) is 0 Å². The van der Waals surface area contributed by atoms with E-state index in [0.717, 1.165) is 12.8 Å². The van der Waals surface area contributed by atoms with Crippen LogP contribution in [0.15, 0.2) is 0 Å². The van der Waals surface area contributed by atoms with Crippen molar-refractivity contribution in [3.05, 3.63) is 0 Å². The third kappa shape index (κ3) is 2.84. The highest BCUT2D eigenvalue weighted by atomic mass is 19.1. The monoisotopic (exact) mass is 161 g/mol. The fraction of sp³-hybridized carbons (Fsp3) is 0.857. The molecule has 1 saturated carbocycles. The summed E-state index contributed by atoms with van der Waals surface area (Å²) in [7, 11) is 0. The third-order valence-electron chi connectivity index (χ3n) is 1.77. The lowest BCUT2D eigenvalue weighted by atomic mass is 10.4. The van der Waals surface area contributed by atoms with E-state index >= 15 is 0 Å². The minimum absolute atomic E-state index is 0.0193. The predicted octanol–water partition coefficient (Wildman–Crippen LogP) is 0.505. The highest BCUT2D eigenvalue weighted by Gasteiger charge is 2.29. The summed E-state index contributed by atoms with van der Waals surface area (Å²) in [4.78, 5) is 11.9. The van der Waals surface area contributed by atoms with Crippen molar-refractivity contribution in [2.75, 3.05) is 19.8 Å². The van der Waals surface area contributed by atoms with Gasteiger partial charge in [0.1, 0.15) is 6.67 Å². The van der Waals surface area contributed by atoms with Crippen LogP contribution in [0.4, 0.5) is 4.39 Å². The molecule has 1 aliphatic rings. The molecule has 0 heterocycles. The summed E-state index contributed by atoms with van der Waals surface area (Å²) in [6, 6.07) is 0.335. The molecule has 1 N–H and O–H groups in total. The van der Waals surface area contributed by atoms with Gasteiger partial charge in [0.2, 0.25) is 0 Å². The van der Waals surface area contributed by atoms with E-state index in [1.165, 1.54) is 0 Å². The molecule has 0 aromatic rings. The van der Waals surface area contributed by atoms with E-state index in [0.29, 0.717) is 6.04 Å². The molecule has 0 saturated heterocycles. The average Bonchev–Trinajstić information content (AvgIpc) is 2.66. The molecule has 1 fully saturated rings. The van der Waals surface area contributed by atoms with Crippen molar-refractivity contribution < 1.29 is 14.3 Å². The number of alkyl halides is 1. The average molecular weight is 161 g/mol. The standard InChI is InChI=1S/C7H12FNO2/c8-3-4-9(5-7(10)11)6-1-2-6/h6H,1-5H2,(H,10,11). The molecule has 0 unspecified atom stereocenters. The first-order valence-corrected chi connectivity index (χ1v) is 3.76. The topological polar surface area (TPSA) is 40.5 Å². The Balaban J connectivity index is 2.26. The Bertz CT molecular complexity index is 147. The number of halogens is 1. The van der Waals surface area contributed by atoms with Crippen LogP contribution in [0.25, 0.3) is 0 Å². The molecule has 0 radical (unpaired) electrons. The van der Waals surface area contributed by atoms with Crippen molar-refractivity contribution in [1.29, 1.82) is 0 Å². The smallest absolute Gasteiger partial charge is 0.317 e. The molecule has 0 aromatic heterocycles. The van der Waals surface area contributed by atoms with Crippen molar-refractivity contribution in [3.63, 3.8) is 0 Å². The number of carboxylic acid groups (broad SMARTS) is 1. The molecule has 1 aliphatic carbocycles. The maximum Gasteiger partial charge on any atom is 0.317 e. The highest BCUT2D eigenvalue weighted by Crippen LogP contribution is 2.25. The minimum Gasteiger partial charge on any atom is -0.480 e. The van der Waals surface area contributed by atoms with Crippen LogP contribution in [-0.4, -0.2) is 41.8 Å². The van der Waals surface area contributed by atoms with Crippen LogP contribution in [0, 0.1) is 0 Å². The fourth-order valence-electron chi connectivity index (χ4n) is 1.11. The van der Waals surface area contributed by atoms with Gasteiger partial charge in [0.15, 0.2) is 0 Å². The minimum atomic E-state index is -0.870. The summed E-state index contributed by atoms with van der Waals surface area (Å²) in [5.41, 5.74) is 0. The maximum atomic E-state index is 11.8. The first-order valence-electron chi connectivity index (χ1n) is 3.76. The highest BCUT2D eigenvalue weighted by molar-refractivity contribution is 5.69. The van der Waals surface area contributed by atoms with Gasteiger partial charge in [-0.3, -0.25) is 9.69 Å². The van der Waals surface area contributed by atoms with Crippen LogP contribution >= 0.6 is 0 Å². The first-order chi connectivity index (χ1) is 5.24. The van der Waals surface area contributed by atoms with Crippen LogP contribution in [0.3, 0.4) is 0 Å². The van der Waals surface area contributed by atoms with Crippen LogP contribution in [-0.2, 0) is 4.79 Å². The summed E-state index contributed by atoms with van der Waals surface area (Å²) in [6.07, 6.45) is 2.04. The van der Waals surface area contributed by atoms with Gasteiger partial charge in [0.25, 0.3) is 0 Å². The van der Waals surface area contributed by atoms with Crippen molar-refractivity contribution in [3.8, 4) is 0 Å². The lowest BCUT2D eigenvalue weighted by molar-refractivity contribution is -0.138. The van der Waals surface area contributed by atoms with Gasteiger partial charge in [0.05, 0.1) is 6.54 Å². The normalized spacial score (nSPS) is 17.3. The molecule has 1 rings (SSSR count). The molecule has 0 aromatic carbocycles. The second kappa shape index (κ2) is 3.67. The van der Waals surface area contributed by atoms with E-state index in [-0.39, 0.29) is 13.1 Å². The number of hydrogen-bond acceptors (Lipinski definition) is 2. The van der Waals surface area contributed by atoms with E-state index in [4.69, 9.17) is 5.11 Å². The molecular weight excluding hydrogens is 149 g/mol. The number of hydrogen-bond donors (Lipinski definition) is 1. The Labute approximate surface area is 64.8 Å². The maximum absolute atomic E-state index is 11.8. The van der Waals surface area contributed by atoms with Crippen molar-refractivity contribution in [2.24, 2.45) is 0 Å². The molecule has 0 aliphatic heterocycles. The van der Waals surface area contributed by atoms with E-state index < -0.39 is 12.6 Å². The summed E-state index contributed by atoms with van der Waals surface area (Å²) < 4.78 is 11.8. The molecule has 0 spiro atoms. The van der Waals surface area contributed by atoms with Gasteiger partial charge >= 0.3 is 5.97 Å². The summed E-state index contributed by atoms with van der Waals surface area (Å²) in [5, 5.41) is 8.42. The van der Waals surface area contributed by atoms with Crippen LogP contribution in [0.5, 0.6) is 0 Å². The van der Waals surface area contributed by atoms with E-state index in [1.54, 1.807) is 4.90 Å². The number of carboxylic acids is 1. The number of rotatable bonds is 5. The van der Waals surface area contributed by atoms with E-state index in [2.05, 4.69) is 0 Å². The van der Waals surface area contributed by atoms with Gasteiger partial charge in [-0.15, -0.1) is 0 Å². The molecule has 64 valence electrons. The quantitative estimate of drug-likeness (QED) is 0.638. The Morgan fingerprint density at radius 3 is 2.64 bits per heavy atom. The zero-order valence-electron chi connectivity index (χ0n) is 6.29. The zero-order valence-corrected chi connectivity index (χ0v) is 6.29. The van der Waals surface area contributed by atoms with Gasteiger partial charge in [-0.25, -0.2) is 4.39 Å². The lowest BCUT2D eigenvalue weighted by Crippen LogP contribution is -2.33. The summed E-state index contributed by atoms with van der Waals surface area (Å²) >= 11 is 0. The Morgan fingerprint density at radius 2 is 2.27 bits per heavy atom. The van der Waals surface area contributed by atoms with Crippen molar-refractivity contribution in [1.82, 2.24) is 4.90 Å². The SMILES string of the molecule is O=C(O)CN(CCF)C1CC1. The molecule has 11 heavy (non-hydrogen) atoms. The predicted molar refractivity (Wildman–Crippen MR) is 38.2 cm³/mol. The molecule has 3 nitrogen and oxygen atoms in total. The van der Waals surface area contributed by atoms with Gasteiger partial charge in [-0.1, -0.05) is 0 Å².